The first kappa shape index (κ1) is 22.3. The summed E-state index contributed by atoms with van der Waals surface area (Å²) in [6.45, 7) is 9.13. The zero-order chi connectivity index (χ0) is 22.4. The van der Waals surface area contributed by atoms with E-state index in [0.717, 1.165) is 25.2 Å². The van der Waals surface area contributed by atoms with Crippen molar-refractivity contribution in [2.45, 2.75) is 32.9 Å². The molecule has 1 heterocycles. The summed E-state index contributed by atoms with van der Waals surface area (Å²) in [6, 6.07) is 16.6. The molecule has 2 aromatic carbocycles. The number of nitriles is 1. The fourth-order valence-electron chi connectivity index (χ4n) is 3.35. The number of benzene rings is 2. The van der Waals surface area contributed by atoms with Crippen LogP contribution < -0.4 is 5.32 Å². The monoisotopic (exact) mass is 420 g/mol. The number of ether oxygens (including phenoxy) is 1. The number of nitrogens with zero attached hydrogens (tertiary/aromatic N) is 3. The molecule has 0 bridgehead atoms. The molecule has 2 aromatic rings. The minimum atomic E-state index is -0.567. The number of anilines is 1. The highest BCUT2D eigenvalue weighted by Crippen LogP contribution is 2.16. The van der Waals surface area contributed by atoms with Crippen molar-refractivity contribution in [2.24, 2.45) is 0 Å². The standard InChI is InChI=1S/C24H28N4O3/c1-24(2,3)31-23(30)26-21-10-8-20(9-11-21)22(29)28-14-12-27(13-15-28)17-19-6-4-18(16-25)5-7-19/h4-11H,12-15,17H2,1-3H3,(H,26,30). The van der Waals surface area contributed by atoms with Gasteiger partial charge >= 0.3 is 6.09 Å². The minimum Gasteiger partial charge on any atom is -0.444 e. The zero-order valence-electron chi connectivity index (χ0n) is 18.2. The maximum absolute atomic E-state index is 12.8. The highest BCUT2D eigenvalue weighted by Gasteiger charge is 2.22. The summed E-state index contributed by atoms with van der Waals surface area (Å²) in [5.74, 6) is -0.0122. The number of piperazine rings is 1. The lowest BCUT2D eigenvalue weighted by atomic mass is 10.1. The van der Waals surface area contributed by atoms with Crippen LogP contribution >= 0.6 is 0 Å². The van der Waals surface area contributed by atoms with Gasteiger partial charge in [-0.05, 0) is 62.7 Å². The highest BCUT2D eigenvalue weighted by atomic mass is 16.6. The smallest absolute Gasteiger partial charge is 0.412 e. The maximum atomic E-state index is 12.8. The summed E-state index contributed by atoms with van der Waals surface area (Å²) < 4.78 is 5.23. The Morgan fingerprint density at radius 3 is 2.16 bits per heavy atom. The van der Waals surface area contributed by atoms with E-state index >= 15 is 0 Å². The Morgan fingerprint density at radius 1 is 1.00 bits per heavy atom. The fraction of sp³-hybridized carbons (Fsp3) is 0.375. The van der Waals surface area contributed by atoms with Crippen LogP contribution in [0.1, 0.15) is 42.3 Å². The van der Waals surface area contributed by atoms with Crippen molar-refractivity contribution in [3.63, 3.8) is 0 Å². The molecule has 0 saturated carbocycles. The number of carbonyl (C=O) groups is 2. The predicted molar refractivity (Wildman–Crippen MR) is 119 cm³/mol. The van der Waals surface area contributed by atoms with E-state index in [4.69, 9.17) is 10.00 Å². The molecule has 2 amide bonds. The van der Waals surface area contributed by atoms with Crippen molar-refractivity contribution >= 4 is 17.7 Å². The summed E-state index contributed by atoms with van der Waals surface area (Å²) in [7, 11) is 0. The Labute approximate surface area is 183 Å². The third-order valence-electron chi connectivity index (χ3n) is 4.93. The molecule has 0 atom stereocenters. The van der Waals surface area contributed by atoms with E-state index in [2.05, 4.69) is 16.3 Å². The molecule has 0 aliphatic carbocycles. The molecular formula is C24H28N4O3. The second-order valence-corrected chi connectivity index (χ2v) is 8.58. The van der Waals surface area contributed by atoms with Gasteiger partial charge in [0.25, 0.3) is 5.91 Å². The topological polar surface area (TPSA) is 85.7 Å². The lowest BCUT2D eigenvalue weighted by Gasteiger charge is -2.34. The molecule has 7 nitrogen and oxygen atoms in total. The third kappa shape index (κ3) is 6.56. The van der Waals surface area contributed by atoms with Crippen LogP contribution in [0, 0.1) is 11.3 Å². The van der Waals surface area contributed by atoms with Gasteiger partial charge in [-0.2, -0.15) is 5.26 Å². The fourth-order valence-corrected chi connectivity index (χ4v) is 3.35. The molecule has 7 heteroatoms. The largest absolute Gasteiger partial charge is 0.444 e. The van der Waals surface area contributed by atoms with Crippen LogP contribution in [0.3, 0.4) is 0 Å². The number of amides is 2. The lowest BCUT2D eigenvalue weighted by molar-refractivity contribution is 0.0624. The molecule has 1 fully saturated rings. The molecule has 0 unspecified atom stereocenters. The van der Waals surface area contributed by atoms with E-state index < -0.39 is 11.7 Å². The number of carbonyl (C=O) groups excluding carboxylic acids is 2. The SMILES string of the molecule is CC(C)(C)OC(=O)Nc1ccc(C(=O)N2CCN(Cc3ccc(C#N)cc3)CC2)cc1. The van der Waals surface area contributed by atoms with Crippen molar-refractivity contribution in [1.29, 1.82) is 5.26 Å². The Hall–Kier alpha value is -3.37. The Kier molecular flexibility index (Phi) is 6.93. The third-order valence-corrected chi connectivity index (χ3v) is 4.93. The second kappa shape index (κ2) is 9.63. The summed E-state index contributed by atoms with van der Waals surface area (Å²) in [6.07, 6.45) is -0.523. The van der Waals surface area contributed by atoms with E-state index in [1.54, 1.807) is 45.0 Å². The number of hydrogen-bond acceptors (Lipinski definition) is 5. The van der Waals surface area contributed by atoms with Gasteiger partial charge in [0.15, 0.2) is 0 Å². The van der Waals surface area contributed by atoms with Gasteiger partial charge in [-0.1, -0.05) is 12.1 Å². The molecule has 3 rings (SSSR count). The summed E-state index contributed by atoms with van der Waals surface area (Å²) in [4.78, 5) is 28.8. The minimum absolute atomic E-state index is 0.0122. The van der Waals surface area contributed by atoms with Gasteiger partial charge in [0, 0.05) is 44.0 Å². The molecule has 1 saturated heterocycles. The predicted octanol–water partition coefficient (Wildman–Crippen LogP) is 3.86. The average Bonchev–Trinajstić information content (AvgIpc) is 2.73. The van der Waals surface area contributed by atoms with Gasteiger partial charge in [0.2, 0.25) is 0 Å². The van der Waals surface area contributed by atoms with Gasteiger partial charge in [0.1, 0.15) is 5.60 Å². The molecule has 31 heavy (non-hydrogen) atoms. The Bertz CT molecular complexity index is 948. The van der Waals surface area contributed by atoms with Gasteiger partial charge in [-0.3, -0.25) is 15.0 Å². The molecule has 1 aliphatic rings. The summed E-state index contributed by atoms with van der Waals surface area (Å²) >= 11 is 0. The van der Waals surface area contributed by atoms with Crippen LogP contribution in [0.2, 0.25) is 0 Å². The van der Waals surface area contributed by atoms with Crippen LogP contribution in [0.4, 0.5) is 10.5 Å². The number of nitrogens with one attached hydrogen (secondary N) is 1. The van der Waals surface area contributed by atoms with Gasteiger partial charge in [-0.25, -0.2) is 4.79 Å². The first-order valence-corrected chi connectivity index (χ1v) is 10.3. The molecule has 0 aromatic heterocycles. The number of hydrogen-bond donors (Lipinski definition) is 1. The van der Waals surface area contributed by atoms with E-state index in [0.29, 0.717) is 29.9 Å². The van der Waals surface area contributed by atoms with Gasteiger partial charge in [-0.15, -0.1) is 0 Å². The van der Waals surface area contributed by atoms with Gasteiger partial charge < -0.3 is 9.64 Å². The number of rotatable bonds is 4. The van der Waals surface area contributed by atoms with Crippen LogP contribution in [0.5, 0.6) is 0 Å². The first-order valence-electron chi connectivity index (χ1n) is 10.3. The highest BCUT2D eigenvalue weighted by molar-refractivity contribution is 5.95. The molecule has 1 N–H and O–H groups in total. The maximum Gasteiger partial charge on any atom is 0.412 e. The van der Waals surface area contributed by atoms with Crippen LogP contribution in [-0.4, -0.2) is 53.6 Å². The Balaban J connectivity index is 1.49. The summed E-state index contributed by atoms with van der Waals surface area (Å²) in [5, 5.41) is 11.6. The lowest BCUT2D eigenvalue weighted by Crippen LogP contribution is -2.48. The molecule has 0 spiro atoms. The molecule has 162 valence electrons. The van der Waals surface area contributed by atoms with Crippen molar-refractivity contribution in [2.75, 3.05) is 31.5 Å². The second-order valence-electron chi connectivity index (χ2n) is 8.58. The quantitative estimate of drug-likeness (QED) is 0.812. The van der Waals surface area contributed by atoms with Crippen LogP contribution in [-0.2, 0) is 11.3 Å². The van der Waals surface area contributed by atoms with Crippen molar-refractivity contribution < 1.29 is 14.3 Å². The van der Waals surface area contributed by atoms with Crippen LogP contribution in [0.15, 0.2) is 48.5 Å². The zero-order valence-corrected chi connectivity index (χ0v) is 18.2. The van der Waals surface area contributed by atoms with E-state index in [-0.39, 0.29) is 5.91 Å². The van der Waals surface area contributed by atoms with E-state index in [1.165, 1.54) is 0 Å². The van der Waals surface area contributed by atoms with E-state index in [1.807, 2.05) is 29.2 Å². The van der Waals surface area contributed by atoms with Crippen molar-refractivity contribution in [3.8, 4) is 6.07 Å². The molecular weight excluding hydrogens is 392 g/mol. The van der Waals surface area contributed by atoms with Gasteiger partial charge in [0.05, 0.1) is 11.6 Å². The first-order chi connectivity index (χ1) is 14.7. The van der Waals surface area contributed by atoms with Crippen molar-refractivity contribution in [3.05, 3.63) is 65.2 Å². The Morgan fingerprint density at radius 2 is 1.61 bits per heavy atom. The molecule has 0 radical (unpaired) electrons. The van der Waals surface area contributed by atoms with Crippen molar-refractivity contribution in [1.82, 2.24) is 9.80 Å². The summed E-state index contributed by atoms with van der Waals surface area (Å²) in [5.41, 5.74) is 2.43. The molecule has 1 aliphatic heterocycles. The van der Waals surface area contributed by atoms with Crippen LogP contribution in [0.25, 0.3) is 0 Å². The normalized spacial score (nSPS) is 14.6. The van der Waals surface area contributed by atoms with E-state index in [9.17, 15) is 9.59 Å². The average molecular weight is 421 g/mol.